The summed E-state index contributed by atoms with van der Waals surface area (Å²) in [4.78, 5) is 28.7. The minimum Gasteiger partial charge on any atom is -0.460 e. The van der Waals surface area contributed by atoms with Crippen LogP contribution in [-0.4, -0.2) is 29.6 Å². The van der Waals surface area contributed by atoms with Crippen molar-refractivity contribution in [2.24, 2.45) is 17.8 Å². The van der Waals surface area contributed by atoms with Crippen molar-refractivity contribution in [1.29, 1.82) is 0 Å². The Hall–Kier alpha value is -1.95. The highest BCUT2D eigenvalue weighted by Crippen LogP contribution is 2.35. The van der Waals surface area contributed by atoms with E-state index in [2.05, 4.69) is 25.8 Å². The van der Waals surface area contributed by atoms with E-state index in [9.17, 15) is 9.59 Å². The van der Waals surface area contributed by atoms with Gasteiger partial charge >= 0.3 is 11.9 Å². The minimum atomic E-state index is -0.446. The van der Waals surface area contributed by atoms with Gasteiger partial charge in [0, 0.05) is 6.42 Å². The van der Waals surface area contributed by atoms with Crippen LogP contribution in [-0.2, 0) is 25.5 Å². The molecule has 5 nitrogen and oxygen atoms in total. The number of benzene rings is 1. The summed E-state index contributed by atoms with van der Waals surface area (Å²) >= 11 is 1.58. The SMILES string of the molecule is CC(C)[C@@H]1CC[C@H](C)C[C@H]1OC(=O)COC(=O)CCc1nc2ccccc2s1. The summed E-state index contributed by atoms with van der Waals surface area (Å²) < 4.78 is 11.9. The van der Waals surface area contributed by atoms with Gasteiger partial charge < -0.3 is 9.47 Å². The number of rotatable bonds is 7. The van der Waals surface area contributed by atoms with E-state index >= 15 is 0 Å². The predicted molar refractivity (Wildman–Crippen MR) is 110 cm³/mol. The van der Waals surface area contributed by atoms with Crippen molar-refractivity contribution in [3.05, 3.63) is 29.3 Å². The summed E-state index contributed by atoms with van der Waals surface area (Å²) in [6.07, 6.45) is 3.80. The van der Waals surface area contributed by atoms with E-state index in [1.54, 1.807) is 11.3 Å². The maximum absolute atomic E-state index is 12.2. The minimum absolute atomic E-state index is 0.0716. The zero-order valence-electron chi connectivity index (χ0n) is 16.8. The quantitative estimate of drug-likeness (QED) is 0.623. The van der Waals surface area contributed by atoms with Crippen molar-refractivity contribution in [2.75, 3.05) is 6.61 Å². The van der Waals surface area contributed by atoms with Crippen molar-refractivity contribution >= 4 is 33.5 Å². The average molecular weight is 404 g/mol. The average Bonchev–Trinajstić information content (AvgIpc) is 3.07. The number of hydrogen-bond donors (Lipinski definition) is 0. The highest BCUT2D eigenvalue weighted by molar-refractivity contribution is 7.18. The van der Waals surface area contributed by atoms with Gasteiger partial charge in [0.25, 0.3) is 0 Å². The molecule has 0 unspecified atom stereocenters. The summed E-state index contributed by atoms with van der Waals surface area (Å²) in [5.74, 6) is 0.576. The third-order valence-corrected chi connectivity index (χ3v) is 6.57. The van der Waals surface area contributed by atoms with Gasteiger partial charge in [-0.2, -0.15) is 0 Å². The summed E-state index contributed by atoms with van der Waals surface area (Å²) in [5.41, 5.74) is 0.945. The summed E-state index contributed by atoms with van der Waals surface area (Å²) in [6, 6.07) is 7.89. The van der Waals surface area contributed by atoms with Crippen LogP contribution in [0.3, 0.4) is 0 Å². The molecule has 28 heavy (non-hydrogen) atoms. The van der Waals surface area contributed by atoms with E-state index < -0.39 is 11.9 Å². The van der Waals surface area contributed by atoms with E-state index in [1.807, 2.05) is 24.3 Å². The molecule has 0 N–H and O–H groups in total. The first-order valence-electron chi connectivity index (χ1n) is 10.1. The normalized spacial score (nSPS) is 22.4. The van der Waals surface area contributed by atoms with Gasteiger partial charge in [-0.3, -0.25) is 4.79 Å². The largest absolute Gasteiger partial charge is 0.460 e. The molecule has 1 aliphatic rings. The molecule has 3 atom stereocenters. The molecule has 152 valence electrons. The highest BCUT2D eigenvalue weighted by atomic mass is 32.1. The van der Waals surface area contributed by atoms with Gasteiger partial charge in [0.1, 0.15) is 6.10 Å². The Labute approximate surface area is 170 Å². The van der Waals surface area contributed by atoms with Crippen molar-refractivity contribution in [1.82, 2.24) is 4.98 Å². The van der Waals surface area contributed by atoms with Gasteiger partial charge in [-0.25, -0.2) is 9.78 Å². The van der Waals surface area contributed by atoms with E-state index in [-0.39, 0.29) is 19.1 Å². The van der Waals surface area contributed by atoms with Gasteiger partial charge in [-0.15, -0.1) is 11.3 Å². The molecular formula is C22H29NO4S. The summed E-state index contributed by atoms with van der Waals surface area (Å²) in [7, 11) is 0. The Bertz CT molecular complexity index is 783. The Kier molecular flexibility index (Phi) is 7.05. The fourth-order valence-corrected chi connectivity index (χ4v) is 4.87. The van der Waals surface area contributed by atoms with Gasteiger partial charge in [-0.1, -0.05) is 39.3 Å². The topological polar surface area (TPSA) is 65.5 Å². The molecule has 0 bridgehead atoms. The van der Waals surface area contributed by atoms with Crippen LogP contribution in [0.15, 0.2) is 24.3 Å². The lowest BCUT2D eigenvalue weighted by Gasteiger charge is -2.36. The smallest absolute Gasteiger partial charge is 0.344 e. The predicted octanol–water partition coefficient (Wildman–Crippen LogP) is 4.78. The van der Waals surface area contributed by atoms with Crippen molar-refractivity contribution in [2.45, 2.75) is 59.0 Å². The summed E-state index contributed by atoms with van der Waals surface area (Å²) in [5, 5.41) is 0.900. The van der Waals surface area contributed by atoms with Gasteiger partial charge in [-0.05, 0) is 42.7 Å². The van der Waals surface area contributed by atoms with Gasteiger partial charge in [0.15, 0.2) is 6.61 Å². The van der Waals surface area contributed by atoms with E-state index in [0.717, 1.165) is 28.1 Å². The second-order valence-electron chi connectivity index (χ2n) is 8.09. The molecule has 0 saturated heterocycles. The third-order valence-electron chi connectivity index (χ3n) is 5.48. The van der Waals surface area contributed by atoms with E-state index in [4.69, 9.17) is 9.47 Å². The maximum Gasteiger partial charge on any atom is 0.344 e. The first-order valence-corrected chi connectivity index (χ1v) is 10.9. The van der Waals surface area contributed by atoms with Crippen LogP contribution in [0.5, 0.6) is 0 Å². The zero-order valence-corrected chi connectivity index (χ0v) is 17.7. The van der Waals surface area contributed by atoms with Crippen molar-refractivity contribution < 1.29 is 19.1 Å². The molecule has 0 spiro atoms. The molecule has 1 aromatic carbocycles. The lowest BCUT2D eigenvalue weighted by molar-refractivity contribution is -0.167. The van der Waals surface area contributed by atoms with Crippen LogP contribution in [0.4, 0.5) is 0 Å². The number of nitrogens with zero attached hydrogens (tertiary/aromatic N) is 1. The third kappa shape index (κ3) is 5.53. The fourth-order valence-electron chi connectivity index (χ4n) is 3.90. The molecule has 0 aliphatic heterocycles. The number of hydrogen-bond acceptors (Lipinski definition) is 6. The number of carbonyl (C=O) groups is 2. The Balaban J connectivity index is 1.42. The molecule has 1 saturated carbocycles. The van der Waals surface area contributed by atoms with Gasteiger partial charge in [0.2, 0.25) is 0 Å². The molecule has 1 aliphatic carbocycles. The number of para-hydroxylation sites is 1. The van der Waals surface area contributed by atoms with E-state index in [1.165, 1.54) is 6.42 Å². The van der Waals surface area contributed by atoms with Crippen LogP contribution in [0, 0.1) is 17.8 Å². The van der Waals surface area contributed by atoms with Crippen LogP contribution < -0.4 is 0 Å². The molecule has 1 heterocycles. The lowest BCUT2D eigenvalue weighted by atomic mass is 9.75. The van der Waals surface area contributed by atoms with E-state index in [0.29, 0.717) is 24.2 Å². The number of thiazole rings is 1. The monoisotopic (exact) mass is 403 g/mol. The van der Waals surface area contributed by atoms with Crippen LogP contribution in [0.2, 0.25) is 0 Å². The Morgan fingerprint density at radius 3 is 2.75 bits per heavy atom. The number of ether oxygens (including phenoxy) is 2. The second-order valence-corrected chi connectivity index (χ2v) is 9.21. The molecule has 0 amide bonds. The van der Waals surface area contributed by atoms with Crippen molar-refractivity contribution in [3.63, 3.8) is 0 Å². The molecule has 2 aromatic rings. The fraction of sp³-hybridized carbons (Fsp3) is 0.591. The highest BCUT2D eigenvalue weighted by Gasteiger charge is 2.33. The first-order chi connectivity index (χ1) is 13.4. The maximum atomic E-state index is 12.2. The molecule has 3 rings (SSSR count). The molecular weight excluding hydrogens is 374 g/mol. The first kappa shape index (κ1) is 20.8. The van der Waals surface area contributed by atoms with Crippen LogP contribution in [0.1, 0.15) is 51.5 Å². The summed E-state index contributed by atoms with van der Waals surface area (Å²) in [6.45, 7) is 6.22. The zero-order chi connectivity index (χ0) is 20.1. The molecule has 0 radical (unpaired) electrons. The Morgan fingerprint density at radius 2 is 2.00 bits per heavy atom. The lowest BCUT2D eigenvalue weighted by Crippen LogP contribution is -2.36. The number of fused-ring (bicyclic) bond motifs is 1. The number of carbonyl (C=O) groups excluding carboxylic acids is 2. The molecule has 6 heteroatoms. The van der Waals surface area contributed by atoms with Crippen LogP contribution in [0.25, 0.3) is 10.2 Å². The number of esters is 2. The standard InChI is InChI=1S/C22H29NO4S/c1-14(2)16-9-8-15(3)12-18(16)27-22(25)13-26-21(24)11-10-20-23-17-6-4-5-7-19(17)28-20/h4-7,14-16,18H,8-13H2,1-3H3/t15-,16-,18+/m0/s1. The Morgan fingerprint density at radius 1 is 1.21 bits per heavy atom. The molecule has 1 fully saturated rings. The second kappa shape index (κ2) is 9.50. The van der Waals surface area contributed by atoms with Crippen LogP contribution >= 0.6 is 11.3 Å². The molecule has 1 aromatic heterocycles. The van der Waals surface area contributed by atoms with Crippen molar-refractivity contribution in [3.8, 4) is 0 Å². The number of aromatic nitrogens is 1. The van der Waals surface area contributed by atoms with Gasteiger partial charge in [0.05, 0.1) is 21.6 Å². The number of aryl methyl sites for hydroxylation is 1.